The van der Waals surface area contributed by atoms with Gasteiger partial charge in [0.2, 0.25) is 5.95 Å². The molecule has 136 valence electrons. The monoisotopic (exact) mass is 341 g/mol. The first kappa shape index (κ1) is 19.2. The standard InChI is InChI=1S/C20H31N5/c1-14(2)16-8-7-9-17(15(3)4)19(16)24-20-22-11-10-18(23-20)21-12-13-25(5)6/h7-11,14-15H,12-13H2,1-6H3,(H2,21,22,23,24). The van der Waals surface area contributed by atoms with Crippen LogP contribution in [0, 0.1) is 0 Å². The van der Waals surface area contributed by atoms with Crippen LogP contribution in [-0.4, -0.2) is 42.1 Å². The van der Waals surface area contributed by atoms with Crippen molar-refractivity contribution in [3.63, 3.8) is 0 Å². The first-order chi connectivity index (χ1) is 11.9. The minimum atomic E-state index is 0.433. The Bertz CT molecular complexity index is 653. The molecule has 25 heavy (non-hydrogen) atoms. The van der Waals surface area contributed by atoms with Gasteiger partial charge in [0.05, 0.1) is 0 Å². The number of anilines is 3. The van der Waals surface area contributed by atoms with Gasteiger partial charge in [0.25, 0.3) is 0 Å². The molecule has 5 heteroatoms. The highest BCUT2D eigenvalue weighted by atomic mass is 15.2. The molecule has 0 saturated carbocycles. The number of nitrogens with one attached hydrogen (secondary N) is 2. The summed E-state index contributed by atoms with van der Waals surface area (Å²) in [6, 6.07) is 8.39. The highest BCUT2D eigenvalue weighted by Gasteiger charge is 2.14. The number of benzene rings is 1. The van der Waals surface area contributed by atoms with Crippen LogP contribution in [0.4, 0.5) is 17.5 Å². The molecule has 0 bridgehead atoms. The molecule has 2 N–H and O–H groups in total. The van der Waals surface area contributed by atoms with Crippen LogP contribution in [0.15, 0.2) is 30.5 Å². The normalized spacial score (nSPS) is 11.4. The molecule has 0 fully saturated rings. The number of hydrogen-bond acceptors (Lipinski definition) is 5. The lowest BCUT2D eigenvalue weighted by Gasteiger charge is -2.20. The van der Waals surface area contributed by atoms with Gasteiger partial charge in [-0.25, -0.2) is 4.98 Å². The Balaban J connectivity index is 2.24. The maximum atomic E-state index is 4.61. The molecule has 0 radical (unpaired) electrons. The van der Waals surface area contributed by atoms with E-state index in [1.165, 1.54) is 11.1 Å². The van der Waals surface area contributed by atoms with E-state index in [0.29, 0.717) is 17.8 Å². The molecule has 0 atom stereocenters. The average Bonchev–Trinajstić information content (AvgIpc) is 2.54. The average molecular weight is 342 g/mol. The summed E-state index contributed by atoms with van der Waals surface area (Å²) in [4.78, 5) is 11.2. The summed E-state index contributed by atoms with van der Waals surface area (Å²) in [5.41, 5.74) is 3.72. The van der Waals surface area contributed by atoms with Crippen LogP contribution in [-0.2, 0) is 0 Å². The van der Waals surface area contributed by atoms with Gasteiger partial charge in [0.1, 0.15) is 5.82 Å². The summed E-state index contributed by atoms with van der Waals surface area (Å²) in [6.07, 6.45) is 1.79. The summed E-state index contributed by atoms with van der Waals surface area (Å²) < 4.78 is 0. The maximum absolute atomic E-state index is 4.61. The van der Waals surface area contributed by atoms with E-state index >= 15 is 0 Å². The number of rotatable bonds is 8. The lowest BCUT2D eigenvalue weighted by Crippen LogP contribution is -2.21. The van der Waals surface area contributed by atoms with Crippen molar-refractivity contribution in [3.05, 3.63) is 41.6 Å². The van der Waals surface area contributed by atoms with E-state index in [-0.39, 0.29) is 0 Å². The van der Waals surface area contributed by atoms with Crippen LogP contribution in [0.25, 0.3) is 0 Å². The number of likely N-dealkylation sites (N-methyl/N-ethyl adjacent to an activating group) is 1. The molecule has 2 rings (SSSR count). The van der Waals surface area contributed by atoms with Crippen LogP contribution in [0.1, 0.15) is 50.7 Å². The minimum Gasteiger partial charge on any atom is -0.369 e. The zero-order valence-corrected chi connectivity index (χ0v) is 16.3. The van der Waals surface area contributed by atoms with Gasteiger partial charge < -0.3 is 15.5 Å². The third-order valence-electron chi connectivity index (χ3n) is 4.13. The fourth-order valence-electron chi connectivity index (χ4n) is 2.73. The molecule has 1 aromatic heterocycles. The Morgan fingerprint density at radius 2 is 1.64 bits per heavy atom. The predicted octanol–water partition coefficient (Wildman–Crippen LogP) is 4.44. The zero-order chi connectivity index (χ0) is 18.4. The molecular formula is C20H31N5. The second-order valence-electron chi connectivity index (χ2n) is 7.24. The van der Waals surface area contributed by atoms with Crippen molar-refractivity contribution >= 4 is 17.5 Å². The van der Waals surface area contributed by atoms with E-state index in [2.05, 4.69) is 85.5 Å². The molecule has 1 heterocycles. The lowest BCUT2D eigenvalue weighted by molar-refractivity contribution is 0.425. The van der Waals surface area contributed by atoms with E-state index in [1.54, 1.807) is 6.20 Å². The van der Waals surface area contributed by atoms with Gasteiger partial charge in [-0.05, 0) is 43.1 Å². The van der Waals surface area contributed by atoms with Crippen LogP contribution < -0.4 is 10.6 Å². The van der Waals surface area contributed by atoms with Gasteiger partial charge in [-0.3, -0.25) is 0 Å². The largest absolute Gasteiger partial charge is 0.369 e. The van der Waals surface area contributed by atoms with E-state index in [1.807, 2.05) is 6.07 Å². The fraction of sp³-hybridized carbons (Fsp3) is 0.500. The van der Waals surface area contributed by atoms with Crippen LogP contribution in [0.2, 0.25) is 0 Å². The number of hydrogen-bond donors (Lipinski definition) is 2. The zero-order valence-electron chi connectivity index (χ0n) is 16.3. The van der Waals surface area contributed by atoms with E-state index in [0.717, 1.165) is 24.6 Å². The van der Waals surface area contributed by atoms with Crippen LogP contribution in [0.5, 0.6) is 0 Å². The molecule has 0 unspecified atom stereocenters. The van der Waals surface area contributed by atoms with Crippen molar-refractivity contribution in [1.82, 2.24) is 14.9 Å². The molecule has 0 spiro atoms. The van der Waals surface area contributed by atoms with Gasteiger partial charge in [-0.15, -0.1) is 0 Å². The summed E-state index contributed by atoms with van der Waals surface area (Å²) in [5, 5.41) is 6.81. The number of nitrogens with zero attached hydrogens (tertiary/aromatic N) is 3. The SMILES string of the molecule is CC(C)c1cccc(C(C)C)c1Nc1nccc(NCCN(C)C)n1. The van der Waals surface area contributed by atoms with Gasteiger partial charge >= 0.3 is 0 Å². The molecule has 5 nitrogen and oxygen atoms in total. The van der Waals surface area contributed by atoms with E-state index < -0.39 is 0 Å². The molecule has 0 saturated heterocycles. The fourth-order valence-corrected chi connectivity index (χ4v) is 2.73. The number of para-hydroxylation sites is 1. The van der Waals surface area contributed by atoms with Crippen molar-refractivity contribution < 1.29 is 0 Å². The molecule has 0 aliphatic heterocycles. The van der Waals surface area contributed by atoms with Gasteiger partial charge in [-0.2, -0.15) is 4.98 Å². The van der Waals surface area contributed by atoms with Gasteiger partial charge in [0, 0.05) is 25.0 Å². The Kier molecular flexibility index (Phi) is 6.76. The topological polar surface area (TPSA) is 53.1 Å². The third-order valence-corrected chi connectivity index (χ3v) is 4.13. The second-order valence-corrected chi connectivity index (χ2v) is 7.24. The van der Waals surface area contributed by atoms with Gasteiger partial charge in [-0.1, -0.05) is 45.9 Å². The minimum absolute atomic E-state index is 0.433. The molecular weight excluding hydrogens is 310 g/mol. The molecule has 0 aliphatic carbocycles. The molecule has 0 amide bonds. The first-order valence-electron chi connectivity index (χ1n) is 9.00. The Morgan fingerprint density at radius 1 is 1.00 bits per heavy atom. The van der Waals surface area contributed by atoms with Crippen molar-refractivity contribution in [1.29, 1.82) is 0 Å². The van der Waals surface area contributed by atoms with E-state index in [4.69, 9.17) is 0 Å². The highest BCUT2D eigenvalue weighted by molar-refractivity contribution is 5.65. The maximum Gasteiger partial charge on any atom is 0.229 e. The predicted molar refractivity (Wildman–Crippen MR) is 107 cm³/mol. The Morgan fingerprint density at radius 3 is 2.20 bits per heavy atom. The third kappa shape index (κ3) is 5.43. The summed E-state index contributed by atoms with van der Waals surface area (Å²) in [7, 11) is 4.12. The van der Waals surface area contributed by atoms with Crippen LogP contribution >= 0.6 is 0 Å². The van der Waals surface area contributed by atoms with Crippen molar-refractivity contribution in [3.8, 4) is 0 Å². The van der Waals surface area contributed by atoms with Crippen LogP contribution in [0.3, 0.4) is 0 Å². The quantitative estimate of drug-likeness (QED) is 0.743. The Labute approximate surface area is 151 Å². The highest BCUT2D eigenvalue weighted by Crippen LogP contribution is 2.33. The smallest absolute Gasteiger partial charge is 0.229 e. The Hall–Kier alpha value is -2.14. The molecule has 1 aromatic carbocycles. The summed E-state index contributed by atoms with van der Waals surface area (Å²) in [5.74, 6) is 2.34. The molecule has 2 aromatic rings. The van der Waals surface area contributed by atoms with E-state index in [9.17, 15) is 0 Å². The first-order valence-corrected chi connectivity index (χ1v) is 9.00. The summed E-state index contributed by atoms with van der Waals surface area (Å²) >= 11 is 0. The second kappa shape index (κ2) is 8.81. The van der Waals surface area contributed by atoms with Crippen molar-refractivity contribution in [2.24, 2.45) is 0 Å². The van der Waals surface area contributed by atoms with Crippen molar-refractivity contribution in [2.45, 2.75) is 39.5 Å². The summed E-state index contributed by atoms with van der Waals surface area (Å²) in [6.45, 7) is 10.7. The van der Waals surface area contributed by atoms with Gasteiger partial charge in [0.15, 0.2) is 0 Å². The van der Waals surface area contributed by atoms with Crippen molar-refractivity contribution in [2.75, 3.05) is 37.8 Å². The number of aromatic nitrogens is 2. The molecule has 0 aliphatic rings. The lowest BCUT2D eigenvalue weighted by atomic mass is 9.93.